The molecule has 0 spiro atoms. The highest BCUT2D eigenvalue weighted by molar-refractivity contribution is 7.16. The Morgan fingerprint density at radius 1 is 1.75 bits per heavy atom. The fourth-order valence-corrected chi connectivity index (χ4v) is 0.996. The van der Waals surface area contributed by atoms with Gasteiger partial charge in [0.2, 0.25) is 5.91 Å². The molecule has 0 N–H and O–H groups in total. The topological polar surface area (TPSA) is 20.3 Å². The summed E-state index contributed by atoms with van der Waals surface area (Å²) >= 11 is 0. The summed E-state index contributed by atoms with van der Waals surface area (Å²) in [5, 5.41) is 0. The molecule has 0 saturated carbocycles. The van der Waals surface area contributed by atoms with Crippen LogP contribution in [-0.2, 0) is 4.79 Å². The summed E-state index contributed by atoms with van der Waals surface area (Å²) in [5.41, 5.74) is 0. The van der Waals surface area contributed by atoms with Gasteiger partial charge in [-0.25, -0.2) is 0 Å². The molecule has 0 aliphatic heterocycles. The Hall–Kier alpha value is -0.100. The number of hydrogen-bond donors (Lipinski definition) is 0. The zero-order chi connectivity index (χ0) is 6.57. The molecule has 0 aromatic rings. The molecule has 48 valence electrons. The van der Waals surface area contributed by atoms with E-state index in [1.54, 1.807) is 11.8 Å². The van der Waals surface area contributed by atoms with Crippen LogP contribution in [0.15, 0.2) is 0 Å². The average molecular weight is 133 g/mol. The lowest BCUT2D eigenvalue weighted by Gasteiger charge is -2.14. The first-order valence-corrected chi connectivity index (χ1v) is 3.49. The van der Waals surface area contributed by atoms with Crippen molar-refractivity contribution < 1.29 is 4.79 Å². The summed E-state index contributed by atoms with van der Waals surface area (Å²) in [6, 6.07) is 0. The van der Waals surface area contributed by atoms with Gasteiger partial charge in [-0.05, 0) is 6.92 Å². The van der Waals surface area contributed by atoms with Crippen LogP contribution in [0.5, 0.6) is 0 Å². The van der Waals surface area contributed by atoms with Gasteiger partial charge in [0.25, 0.3) is 0 Å². The predicted molar refractivity (Wildman–Crippen MR) is 37.6 cm³/mol. The Morgan fingerprint density at radius 2 is 2.25 bits per heavy atom. The van der Waals surface area contributed by atoms with Crippen LogP contribution >= 0.6 is 9.24 Å². The third-order valence-electron chi connectivity index (χ3n) is 1.05. The van der Waals surface area contributed by atoms with E-state index in [1.807, 2.05) is 6.92 Å². The molecule has 0 rings (SSSR count). The second-order valence-corrected chi connectivity index (χ2v) is 1.92. The van der Waals surface area contributed by atoms with E-state index in [9.17, 15) is 4.79 Å². The van der Waals surface area contributed by atoms with Crippen molar-refractivity contribution in [3.05, 3.63) is 0 Å². The van der Waals surface area contributed by atoms with Crippen LogP contribution in [0.2, 0.25) is 0 Å². The van der Waals surface area contributed by atoms with Crippen LogP contribution in [0.1, 0.15) is 13.8 Å². The van der Waals surface area contributed by atoms with Gasteiger partial charge < -0.3 is 4.90 Å². The van der Waals surface area contributed by atoms with Gasteiger partial charge in [-0.3, -0.25) is 4.79 Å². The lowest BCUT2D eigenvalue weighted by Crippen LogP contribution is -2.26. The monoisotopic (exact) mass is 133 g/mol. The number of nitrogens with zero attached hydrogens (tertiary/aromatic N) is 1. The maximum Gasteiger partial charge on any atom is 0.219 e. The summed E-state index contributed by atoms with van der Waals surface area (Å²) in [6.07, 6.45) is 0.742. The summed E-state index contributed by atoms with van der Waals surface area (Å²) < 4.78 is 0. The highest BCUT2D eigenvalue weighted by Gasteiger charge is 1.99. The molecule has 0 saturated heterocycles. The molecule has 0 aliphatic rings. The zero-order valence-corrected chi connectivity index (χ0v) is 6.50. The number of carbonyl (C=O) groups is 1. The SMILES string of the molecule is CCN(CP)C(C)=O. The Kier molecular flexibility index (Phi) is 3.80. The minimum absolute atomic E-state index is 0.141. The van der Waals surface area contributed by atoms with Crippen LogP contribution in [0.4, 0.5) is 0 Å². The summed E-state index contributed by atoms with van der Waals surface area (Å²) in [7, 11) is 2.51. The second kappa shape index (κ2) is 3.85. The van der Waals surface area contributed by atoms with E-state index in [0.29, 0.717) is 0 Å². The van der Waals surface area contributed by atoms with Gasteiger partial charge >= 0.3 is 0 Å². The second-order valence-electron chi connectivity index (χ2n) is 1.56. The van der Waals surface area contributed by atoms with E-state index in [-0.39, 0.29) is 5.91 Å². The first kappa shape index (κ1) is 7.90. The van der Waals surface area contributed by atoms with Gasteiger partial charge in [0.1, 0.15) is 0 Å². The van der Waals surface area contributed by atoms with E-state index >= 15 is 0 Å². The van der Waals surface area contributed by atoms with Crippen LogP contribution in [-0.4, -0.2) is 23.6 Å². The molecule has 1 atom stereocenters. The molecule has 0 aliphatic carbocycles. The van der Waals surface area contributed by atoms with Crippen molar-refractivity contribution in [2.24, 2.45) is 0 Å². The van der Waals surface area contributed by atoms with Gasteiger partial charge in [-0.15, -0.1) is 9.24 Å². The minimum Gasteiger partial charge on any atom is -0.340 e. The third-order valence-corrected chi connectivity index (χ3v) is 1.49. The maximum atomic E-state index is 10.5. The summed E-state index contributed by atoms with van der Waals surface area (Å²) in [6.45, 7) is 4.35. The van der Waals surface area contributed by atoms with Crippen molar-refractivity contribution in [2.75, 3.05) is 12.8 Å². The Bertz CT molecular complexity index is 80.5. The van der Waals surface area contributed by atoms with Gasteiger partial charge in [0.05, 0.1) is 0 Å². The van der Waals surface area contributed by atoms with E-state index in [0.717, 1.165) is 12.8 Å². The summed E-state index contributed by atoms with van der Waals surface area (Å²) in [4.78, 5) is 12.3. The van der Waals surface area contributed by atoms with Gasteiger partial charge in [-0.1, -0.05) is 0 Å². The van der Waals surface area contributed by atoms with E-state index in [1.165, 1.54) is 0 Å². The molecule has 2 nitrogen and oxygen atoms in total. The molecule has 0 heterocycles. The van der Waals surface area contributed by atoms with Gasteiger partial charge in [-0.2, -0.15) is 0 Å². The van der Waals surface area contributed by atoms with E-state index in [2.05, 4.69) is 9.24 Å². The smallest absolute Gasteiger partial charge is 0.219 e. The van der Waals surface area contributed by atoms with Crippen LogP contribution in [0.3, 0.4) is 0 Å². The summed E-state index contributed by atoms with van der Waals surface area (Å²) in [5.74, 6) is 0.141. The van der Waals surface area contributed by atoms with E-state index < -0.39 is 0 Å². The minimum atomic E-state index is 0.141. The van der Waals surface area contributed by atoms with Crippen molar-refractivity contribution in [3.8, 4) is 0 Å². The molecule has 0 fully saturated rings. The van der Waals surface area contributed by atoms with Crippen LogP contribution < -0.4 is 0 Å². The molecule has 0 radical (unpaired) electrons. The number of hydrogen-bond acceptors (Lipinski definition) is 1. The van der Waals surface area contributed by atoms with Crippen molar-refractivity contribution in [2.45, 2.75) is 13.8 Å². The Morgan fingerprint density at radius 3 is 2.25 bits per heavy atom. The van der Waals surface area contributed by atoms with Gasteiger partial charge in [0.15, 0.2) is 0 Å². The molecule has 8 heavy (non-hydrogen) atoms. The Labute approximate surface area is 52.5 Å². The first-order valence-electron chi connectivity index (χ1n) is 2.68. The van der Waals surface area contributed by atoms with E-state index in [4.69, 9.17) is 0 Å². The molecule has 1 amide bonds. The van der Waals surface area contributed by atoms with Crippen molar-refractivity contribution in [3.63, 3.8) is 0 Å². The van der Waals surface area contributed by atoms with Crippen molar-refractivity contribution in [1.29, 1.82) is 0 Å². The highest BCUT2D eigenvalue weighted by Crippen LogP contribution is 1.92. The van der Waals surface area contributed by atoms with Crippen LogP contribution in [0, 0.1) is 0 Å². The molecular formula is C5H12NOP. The number of carbonyl (C=O) groups excluding carboxylic acids is 1. The molecule has 0 aromatic carbocycles. The quantitative estimate of drug-likeness (QED) is 0.507. The maximum absolute atomic E-state index is 10.5. The van der Waals surface area contributed by atoms with Crippen LogP contribution in [0.25, 0.3) is 0 Å². The zero-order valence-electron chi connectivity index (χ0n) is 5.35. The normalized spacial score (nSPS) is 8.88. The lowest BCUT2D eigenvalue weighted by molar-refractivity contribution is -0.127. The number of rotatable bonds is 2. The standard InChI is InChI=1S/C5H12NOP/c1-3-6(4-8)5(2)7/h3-4,8H2,1-2H3. The lowest BCUT2D eigenvalue weighted by atomic mass is 10.6. The fraction of sp³-hybridized carbons (Fsp3) is 0.800. The molecule has 0 bridgehead atoms. The molecular weight excluding hydrogens is 121 g/mol. The predicted octanol–water partition coefficient (Wildman–Crippen LogP) is 0.687. The highest BCUT2D eigenvalue weighted by atomic mass is 31.0. The third kappa shape index (κ3) is 2.27. The van der Waals surface area contributed by atoms with Gasteiger partial charge in [0, 0.05) is 19.8 Å². The fourth-order valence-electron chi connectivity index (χ4n) is 0.480. The molecule has 3 heteroatoms. The number of amides is 1. The largest absolute Gasteiger partial charge is 0.340 e. The Balaban J connectivity index is 3.52. The van der Waals surface area contributed by atoms with Crippen molar-refractivity contribution in [1.82, 2.24) is 4.90 Å². The van der Waals surface area contributed by atoms with Crippen molar-refractivity contribution >= 4 is 15.1 Å². The molecule has 0 aromatic heterocycles. The first-order chi connectivity index (χ1) is 3.72. The molecule has 1 unspecified atom stereocenters. The average Bonchev–Trinajstić information content (AvgIpc) is 1.69.